The van der Waals surface area contributed by atoms with E-state index in [0.29, 0.717) is 26.1 Å². The smallest absolute Gasteiger partial charge is 0.336 e. The lowest BCUT2D eigenvalue weighted by molar-refractivity contribution is -0.180. The number of rotatable bonds is 6. The van der Waals surface area contributed by atoms with Crippen LogP contribution in [0.25, 0.3) is 0 Å². The molecule has 1 aliphatic heterocycles. The van der Waals surface area contributed by atoms with E-state index in [4.69, 9.17) is 5.73 Å². The van der Waals surface area contributed by atoms with E-state index < -0.39 is 18.3 Å². The van der Waals surface area contributed by atoms with Crippen LogP contribution >= 0.6 is 0 Å². The summed E-state index contributed by atoms with van der Waals surface area (Å²) in [5.74, 6) is -6.37. The highest BCUT2D eigenvalue weighted by Gasteiger charge is 2.51. The zero-order valence-electron chi connectivity index (χ0n) is 12.2. The van der Waals surface area contributed by atoms with Crippen molar-refractivity contribution in [1.29, 1.82) is 0 Å². The molecule has 0 radical (unpaired) electrons. The summed E-state index contributed by atoms with van der Waals surface area (Å²) < 4.78 is 50.8. The molecule has 0 aromatic rings. The molecule has 1 aliphatic rings. The molecule has 1 saturated heterocycles. The lowest BCUT2D eigenvalue weighted by Crippen LogP contribution is -2.49. The third-order valence-electron chi connectivity index (χ3n) is 3.86. The van der Waals surface area contributed by atoms with Crippen LogP contribution < -0.4 is 5.73 Å². The lowest BCUT2D eigenvalue weighted by Gasteiger charge is -2.30. The molecule has 0 spiro atoms. The molecule has 1 amide bonds. The molecular weight excluding hydrogens is 290 g/mol. The van der Waals surface area contributed by atoms with E-state index in [0.717, 1.165) is 17.7 Å². The van der Waals surface area contributed by atoms with Gasteiger partial charge in [0.2, 0.25) is 0 Å². The monoisotopic (exact) mass is 313 g/mol. The summed E-state index contributed by atoms with van der Waals surface area (Å²) >= 11 is 0. The van der Waals surface area contributed by atoms with Crippen LogP contribution in [0, 0.1) is 0 Å². The first-order valence-electron chi connectivity index (χ1n) is 7.24. The van der Waals surface area contributed by atoms with E-state index in [1.54, 1.807) is 0 Å². The van der Waals surface area contributed by atoms with Gasteiger partial charge >= 0.3 is 12.3 Å². The summed E-state index contributed by atoms with van der Waals surface area (Å²) in [7, 11) is 0. The van der Waals surface area contributed by atoms with Crippen LogP contribution in [-0.4, -0.2) is 66.8 Å². The SMILES string of the molecule is CCC(CCN)N1CCCN(C(=O)C(F)(F)C(F)F)CC1. The standard InChI is InChI=1S/C13H23F4N3O/c1-2-10(4-5-18)19-6-3-7-20(9-8-19)12(21)13(16,17)11(14)15/h10-11H,2-9,18H2,1H3. The first-order valence-corrected chi connectivity index (χ1v) is 7.24. The van der Waals surface area contributed by atoms with E-state index in [2.05, 4.69) is 4.90 Å². The molecule has 0 saturated carbocycles. The van der Waals surface area contributed by atoms with Crippen molar-refractivity contribution in [2.45, 2.75) is 44.6 Å². The summed E-state index contributed by atoms with van der Waals surface area (Å²) in [6.45, 7) is 3.73. The minimum Gasteiger partial charge on any atom is -0.336 e. The Bertz CT molecular complexity index is 341. The summed E-state index contributed by atoms with van der Waals surface area (Å²) in [4.78, 5) is 14.5. The highest BCUT2D eigenvalue weighted by atomic mass is 19.3. The van der Waals surface area contributed by atoms with Crippen LogP contribution in [0.2, 0.25) is 0 Å². The van der Waals surface area contributed by atoms with Gasteiger partial charge < -0.3 is 10.6 Å². The van der Waals surface area contributed by atoms with E-state index in [1.807, 2.05) is 6.92 Å². The van der Waals surface area contributed by atoms with Gasteiger partial charge in [0.15, 0.2) is 0 Å². The summed E-state index contributed by atoms with van der Waals surface area (Å²) in [6, 6.07) is 0.237. The molecule has 4 nitrogen and oxygen atoms in total. The fourth-order valence-electron chi connectivity index (χ4n) is 2.65. The van der Waals surface area contributed by atoms with E-state index in [1.165, 1.54) is 0 Å². The van der Waals surface area contributed by atoms with Gasteiger partial charge in [-0.05, 0) is 25.8 Å². The zero-order chi connectivity index (χ0) is 16.0. The number of hydrogen-bond donors (Lipinski definition) is 1. The van der Waals surface area contributed by atoms with Gasteiger partial charge in [0.05, 0.1) is 0 Å². The average Bonchev–Trinajstić information content (AvgIpc) is 2.69. The van der Waals surface area contributed by atoms with Crippen molar-refractivity contribution in [1.82, 2.24) is 9.80 Å². The second-order valence-electron chi connectivity index (χ2n) is 5.24. The van der Waals surface area contributed by atoms with Gasteiger partial charge in [-0.1, -0.05) is 6.92 Å². The quantitative estimate of drug-likeness (QED) is 0.757. The van der Waals surface area contributed by atoms with Gasteiger partial charge in [0.25, 0.3) is 5.91 Å². The van der Waals surface area contributed by atoms with Gasteiger partial charge in [-0.2, -0.15) is 8.78 Å². The van der Waals surface area contributed by atoms with E-state index >= 15 is 0 Å². The van der Waals surface area contributed by atoms with Gasteiger partial charge in [0, 0.05) is 32.2 Å². The van der Waals surface area contributed by atoms with Gasteiger partial charge in [0.1, 0.15) is 0 Å². The molecule has 0 bridgehead atoms. The van der Waals surface area contributed by atoms with Crippen LogP contribution in [0.5, 0.6) is 0 Å². The summed E-state index contributed by atoms with van der Waals surface area (Å²) in [5.41, 5.74) is 5.54. The molecule has 2 N–H and O–H groups in total. The molecule has 1 rings (SSSR count). The molecule has 8 heteroatoms. The minimum absolute atomic E-state index is 0.0439. The van der Waals surface area contributed by atoms with Crippen molar-refractivity contribution >= 4 is 5.91 Å². The highest BCUT2D eigenvalue weighted by Crippen LogP contribution is 2.26. The molecule has 0 aliphatic carbocycles. The van der Waals surface area contributed by atoms with Crippen molar-refractivity contribution in [3.05, 3.63) is 0 Å². The summed E-state index contributed by atoms with van der Waals surface area (Å²) in [5, 5.41) is 0. The number of carbonyl (C=O) groups is 1. The maximum absolute atomic E-state index is 13.1. The maximum Gasteiger partial charge on any atom is 0.383 e. The third-order valence-corrected chi connectivity index (χ3v) is 3.86. The Hall–Kier alpha value is -0.890. The normalized spacial score (nSPS) is 19.7. The first kappa shape index (κ1) is 18.2. The van der Waals surface area contributed by atoms with E-state index in [9.17, 15) is 22.4 Å². The Kier molecular flexibility index (Phi) is 6.86. The number of nitrogens with two attached hydrogens (primary N) is 1. The Morgan fingerprint density at radius 3 is 2.43 bits per heavy atom. The first-order chi connectivity index (χ1) is 9.84. The second kappa shape index (κ2) is 7.93. The van der Waals surface area contributed by atoms with Gasteiger partial charge in [-0.3, -0.25) is 9.69 Å². The van der Waals surface area contributed by atoms with Crippen molar-refractivity contribution in [2.75, 3.05) is 32.7 Å². The van der Waals surface area contributed by atoms with Crippen molar-refractivity contribution < 1.29 is 22.4 Å². The van der Waals surface area contributed by atoms with E-state index in [-0.39, 0.29) is 19.1 Å². The predicted molar refractivity (Wildman–Crippen MR) is 71.5 cm³/mol. The Balaban J connectivity index is 2.66. The molecule has 1 fully saturated rings. The third kappa shape index (κ3) is 4.54. The maximum atomic E-state index is 13.1. The van der Waals surface area contributed by atoms with Crippen LogP contribution in [0.1, 0.15) is 26.2 Å². The molecule has 1 unspecified atom stereocenters. The average molecular weight is 313 g/mol. The molecule has 21 heavy (non-hydrogen) atoms. The van der Waals surface area contributed by atoms with Crippen LogP contribution in [0.4, 0.5) is 17.6 Å². The largest absolute Gasteiger partial charge is 0.383 e. The second-order valence-corrected chi connectivity index (χ2v) is 5.24. The lowest BCUT2D eigenvalue weighted by atomic mass is 10.1. The fourth-order valence-corrected chi connectivity index (χ4v) is 2.65. The van der Waals surface area contributed by atoms with Crippen molar-refractivity contribution in [3.8, 4) is 0 Å². The Morgan fingerprint density at radius 2 is 1.90 bits per heavy atom. The Morgan fingerprint density at radius 1 is 1.24 bits per heavy atom. The fraction of sp³-hybridized carbons (Fsp3) is 0.923. The predicted octanol–water partition coefficient (Wildman–Crippen LogP) is 1.55. The van der Waals surface area contributed by atoms with Crippen molar-refractivity contribution in [3.63, 3.8) is 0 Å². The molecule has 0 aromatic heterocycles. The highest BCUT2D eigenvalue weighted by molar-refractivity contribution is 5.84. The van der Waals surface area contributed by atoms with Gasteiger partial charge in [-0.15, -0.1) is 0 Å². The number of carbonyl (C=O) groups excluding carboxylic acids is 1. The van der Waals surface area contributed by atoms with Crippen molar-refractivity contribution in [2.24, 2.45) is 5.73 Å². The van der Waals surface area contributed by atoms with Crippen LogP contribution in [0.3, 0.4) is 0 Å². The number of alkyl halides is 4. The van der Waals surface area contributed by atoms with Crippen LogP contribution in [-0.2, 0) is 4.79 Å². The Labute approximate surface area is 122 Å². The molecule has 1 atom stereocenters. The number of nitrogens with zero attached hydrogens (tertiary/aromatic N) is 2. The molecule has 1 heterocycles. The topological polar surface area (TPSA) is 49.6 Å². The molecule has 0 aromatic carbocycles. The summed E-state index contributed by atoms with van der Waals surface area (Å²) in [6.07, 6.45) is -1.81. The number of hydrogen-bond acceptors (Lipinski definition) is 3. The zero-order valence-corrected chi connectivity index (χ0v) is 12.2. The number of halogens is 4. The minimum atomic E-state index is -4.60. The number of amides is 1. The van der Waals surface area contributed by atoms with Crippen LogP contribution in [0.15, 0.2) is 0 Å². The molecular formula is C13H23F4N3O. The molecule has 124 valence electrons. The van der Waals surface area contributed by atoms with Gasteiger partial charge in [-0.25, -0.2) is 8.78 Å².